The van der Waals surface area contributed by atoms with E-state index in [0.29, 0.717) is 31.6 Å². The van der Waals surface area contributed by atoms with E-state index >= 15 is 0 Å². The van der Waals surface area contributed by atoms with E-state index in [-0.39, 0.29) is 11.8 Å². The van der Waals surface area contributed by atoms with Crippen molar-refractivity contribution in [1.29, 1.82) is 0 Å². The summed E-state index contributed by atoms with van der Waals surface area (Å²) in [6, 6.07) is 0. The maximum Gasteiger partial charge on any atom is 0.312 e. The van der Waals surface area contributed by atoms with Crippen molar-refractivity contribution >= 4 is 11.8 Å². The number of piperazine rings is 1. The SMILES string of the molecule is CC1(C)CCN(C(=O)C(=O)N2CCNCC2)CC1. The van der Waals surface area contributed by atoms with E-state index in [1.54, 1.807) is 9.80 Å². The smallest absolute Gasteiger partial charge is 0.312 e. The maximum atomic E-state index is 12.1. The lowest BCUT2D eigenvalue weighted by Crippen LogP contribution is -2.53. The Morgan fingerprint density at radius 1 is 0.889 bits per heavy atom. The predicted octanol–water partition coefficient (Wildman–Crippen LogP) is 0.0668. The molecule has 2 rings (SSSR count). The topological polar surface area (TPSA) is 52.7 Å². The van der Waals surface area contributed by atoms with Crippen LogP contribution in [0.2, 0.25) is 0 Å². The van der Waals surface area contributed by atoms with Gasteiger partial charge in [0, 0.05) is 39.3 Å². The molecule has 0 spiro atoms. The van der Waals surface area contributed by atoms with Gasteiger partial charge < -0.3 is 15.1 Å². The van der Waals surface area contributed by atoms with E-state index in [4.69, 9.17) is 0 Å². The second kappa shape index (κ2) is 5.26. The molecular formula is C13H23N3O2. The van der Waals surface area contributed by atoms with Gasteiger partial charge in [0.1, 0.15) is 0 Å². The zero-order valence-electron chi connectivity index (χ0n) is 11.4. The van der Waals surface area contributed by atoms with Crippen LogP contribution < -0.4 is 5.32 Å². The summed E-state index contributed by atoms with van der Waals surface area (Å²) in [4.78, 5) is 27.6. The lowest BCUT2D eigenvalue weighted by Gasteiger charge is -2.37. The molecule has 0 unspecified atom stereocenters. The van der Waals surface area contributed by atoms with Crippen molar-refractivity contribution in [3.8, 4) is 0 Å². The van der Waals surface area contributed by atoms with E-state index < -0.39 is 0 Å². The van der Waals surface area contributed by atoms with Gasteiger partial charge in [0.25, 0.3) is 0 Å². The van der Waals surface area contributed by atoms with Crippen molar-refractivity contribution in [3.63, 3.8) is 0 Å². The lowest BCUT2D eigenvalue weighted by molar-refractivity contribution is -0.153. The largest absolute Gasteiger partial charge is 0.334 e. The lowest BCUT2D eigenvalue weighted by atomic mass is 9.82. The molecule has 0 aromatic rings. The second-order valence-corrected chi connectivity index (χ2v) is 6.00. The zero-order chi connectivity index (χ0) is 13.2. The van der Waals surface area contributed by atoms with Gasteiger partial charge in [-0.1, -0.05) is 13.8 Å². The quantitative estimate of drug-likeness (QED) is 0.621. The summed E-state index contributed by atoms with van der Waals surface area (Å²) in [5.41, 5.74) is 0.300. The molecule has 5 heteroatoms. The zero-order valence-corrected chi connectivity index (χ0v) is 11.4. The molecule has 18 heavy (non-hydrogen) atoms. The van der Waals surface area contributed by atoms with Crippen molar-refractivity contribution in [3.05, 3.63) is 0 Å². The van der Waals surface area contributed by atoms with Crippen molar-refractivity contribution < 1.29 is 9.59 Å². The molecule has 2 heterocycles. The van der Waals surface area contributed by atoms with Crippen LogP contribution in [-0.2, 0) is 9.59 Å². The van der Waals surface area contributed by atoms with Crippen molar-refractivity contribution in [2.24, 2.45) is 5.41 Å². The second-order valence-electron chi connectivity index (χ2n) is 6.00. The first-order chi connectivity index (χ1) is 8.49. The third-order valence-electron chi connectivity index (χ3n) is 3.99. The number of hydrogen-bond donors (Lipinski definition) is 1. The summed E-state index contributed by atoms with van der Waals surface area (Å²) < 4.78 is 0. The molecule has 0 saturated carbocycles. The van der Waals surface area contributed by atoms with Crippen LogP contribution in [0.1, 0.15) is 26.7 Å². The van der Waals surface area contributed by atoms with Gasteiger partial charge in [-0.2, -0.15) is 0 Å². The van der Waals surface area contributed by atoms with E-state index in [9.17, 15) is 9.59 Å². The number of amides is 2. The van der Waals surface area contributed by atoms with Crippen molar-refractivity contribution in [1.82, 2.24) is 15.1 Å². The average molecular weight is 253 g/mol. The monoisotopic (exact) mass is 253 g/mol. The number of carbonyl (C=O) groups excluding carboxylic acids is 2. The van der Waals surface area contributed by atoms with Crippen LogP contribution in [0.5, 0.6) is 0 Å². The fraction of sp³-hybridized carbons (Fsp3) is 0.846. The van der Waals surface area contributed by atoms with Gasteiger partial charge in [-0.3, -0.25) is 9.59 Å². The van der Waals surface area contributed by atoms with Gasteiger partial charge in [0.2, 0.25) is 0 Å². The molecule has 0 atom stereocenters. The van der Waals surface area contributed by atoms with E-state index in [2.05, 4.69) is 19.2 Å². The predicted molar refractivity (Wildman–Crippen MR) is 69.0 cm³/mol. The van der Waals surface area contributed by atoms with Gasteiger partial charge >= 0.3 is 11.8 Å². The minimum atomic E-state index is -0.323. The number of hydrogen-bond acceptors (Lipinski definition) is 3. The fourth-order valence-electron chi connectivity index (χ4n) is 2.45. The summed E-state index contributed by atoms with van der Waals surface area (Å²) in [6.07, 6.45) is 1.96. The summed E-state index contributed by atoms with van der Waals surface area (Å²) in [5.74, 6) is -0.636. The van der Waals surface area contributed by atoms with E-state index in [0.717, 1.165) is 25.9 Å². The molecule has 0 aromatic carbocycles. The Kier molecular flexibility index (Phi) is 3.90. The van der Waals surface area contributed by atoms with Gasteiger partial charge in [-0.25, -0.2) is 0 Å². The molecule has 2 fully saturated rings. The molecule has 102 valence electrons. The third-order valence-corrected chi connectivity index (χ3v) is 3.99. The first kappa shape index (κ1) is 13.3. The van der Waals surface area contributed by atoms with Gasteiger partial charge in [-0.05, 0) is 18.3 Å². The molecule has 2 saturated heterocycles. The summed E-state index contributed by atoms with van der Waals surface area (Å²) in [7, 11) is 0. The Hall–Kier alpha value is -1.10. The van der Waals surface area contributed by atoms with Crippen LogP contribution >= 0.6 is 0 Å². The number of carbonyl (C=O) groups is 2. The molecular weight excluding hydrogens is 230 g/mol. The molecule has 5 nitrogen and oxygen atoms in total. The standard InChI is InChI=1S/C13H23N3O2/c1-13(2)3-7-15(8-4-13)11(17)12(18)16-9-5-14-6-10-16/h14H,3-10H2,1-2H3. The van der Waals surface area contributed by atoms with Crippen LogP contribution in [0.3, 0.4) is 0 Å². The Balaban J connectivity index is 1.89. The molecule has 2 aliphatic rings. The first-order valence-electron chi connectivity index (χ1n) is 6.78. The van der Waals surface area contributed by atoms with Gasteiger partial charge in [0.15, 0.2) is 0 Å². The summed E-state index contributed by atoms with van der Waals surface area (Å²) >= 11 is 0. The highest BCUT2D eigenvalue weighted by molar-refractivity contribution is 6.34. The van der Waals surface area contributed by atoms with Crippen LogP contribution in [0.4, 0.5) is 0 Å². The van der Waals surface area contributed by atoms with Crippen molar-refractivity contribution in [2.45, 2.75) is 26.7 Å². The molecule has 0 radical (unpaired) electrons. The number of piperidine rings is 1. The number of likely N-dealkylation sites (tertiary alicyclic amines) is 1. The highest BCUT2D eigenvalue weighted by Gasteiger charge is 2.32. The number of nitrogens with zero attached hydrogens (tertiary/aromatic N) is 2. The molecule has 1 N–H and O–H groups in total. The minimum Gasteiger partial charge on any atom is -0.334 e. The molecule has 2 aliphatic heterocycles. The van der Waals surface area contributed by atoms with Crippen LogP contribution in [0, 0.1) is 5.41 Å². The highest BCUT2D eigenvalue weighted by Crippen LogP contribution is 2.29. The molecule has 0 bridgehead atoms. The first-order valence-corrected chi connectivity index (χ1v) is 6.78. The fourth-order valence-corrected chi connectivity index (χ4v) is 2.45. The Labute approximate surface area is 108 Å². The van der Waals surface area contributed by atoms with Crippen molar-refractivity contribution in [2.75, 3.05) is 39.3 Å². The van der Waals surface area contributed by atoms with Crippen LogP contribution in [0.15, 0.2) is 0 Å². The minimum absolute atomic E-state index is 0.300. The van der Waals surface area contributed by atoms with E-state index in [1.807, 2.05) is 0 Å². The number of nitrogens with one attached hydrogen (secondary N) is 1. The molecule has 0 aromatic heterocycles. The van der Waals surface area contributed by atoms with Crippen LogP contribution in [-0.4, -0.2) is 60.9 Å². The summed E-state index contributed by atoms with van der Waals surface area (Å²) in [5, 5.41) is 3.18. The highest BCUT2D eigenvalue weighted by atomic mass is 16.2. The summed E-state index contributed by atoms with van der Waals surface area (Å²) in [6.45, 7) is 8.71. The molecule has 0 aliphatic carbocycles. The van der Waals surface area contributed by atoms with Gasteiger partial charge in [0.05, 0.1) is 0 Å². The third kappa shape index (κ3) is 3.02. The Morgan fingerprint density at radius 2 is 1.33 bits per heavy atom. The number of rotatable bonds is 0. The van der Waals surface area contributed by atoms with Crippen LogP contribution in [0.25, 0.3) is 0 Å². The normalized spacial score (nSPS) is 23.9. The van der Waals surface area contributed by atoms with E-state index in [1.165, 1.54) is 0 Å². The molecule has 2 amide bonds. The van der Waals surface area contributed by atoms with Gasteiger partial charge in [-0.15, -0.1) is 0 Å². The maximum absolute atomic E-state index is 12.1. The Bertz CT molecular complexity index is 325. The Morgan fingerprint density at radius 3 is 1.83 bits per heavy atom. The average Bonchev–Trinajstić information content (AvgIpc) is 2.38.